The number of thioether (sulfide) groups is 1. The molecule has 0 saturated heterocycles. The van der Waals surface area contributed by atoms with Crippen molar-refractivity contribution in [2.24, 2.45) is 0 Å². The summed E-state index contributed by atoms with van der Waals surface area (Å²) in [5.41, 5.74) is 7.15. The molecule has 2 N–H and O–H groups in total. The van der Waals surface area contributed by atoms with Crippen LogP contribution in [0, 0.1) is 0 Å². The molecular formula is C24H22N6O3S. The fraction of sp³-hybridized carbons (Fsp3) is 0.125. The number of carbonyl (C=O) groups excluding carboxylic acids is 2. The van der Waals surface area contributed by atoms with E-state index >= 15 is 0 Å². The molecule has 4 aromatic rings. The Morgan fingerprint density at radius 3 is 2.47 bits per heavy atom. The summed E-state index contributed by atoms with van der Waals surface area (Å²) in [5.74, 6) is 0.550. The van der Waals surface area contributed by atoms with Crippen LogP contribution in [-0.4, -0.2) is 44.4 Å². The van der Waals surface area contributed by atoms with E-state index in [0.29, 0.717) is 28.8 Å². The molecule has 0 aliphatic heterocycles. The van der Waals surface area contributed by atoms with E-state index in [-0.39, 0.29) is 11.7 Å². The molecule has 0 spiro atoms. The molecule has 9 nitrogen and oxygen atoms in total. The second-order valence-corrected chi connectivity index (χ2v) is 8.08. The van der Waals surface area contributed by atoms with Crippen LogP contribution in [0.25, 0.3) is 11.4 Å². The highest BCUT2D eigenvalue weighted by Gasteiger charge is 2.17. The number of hydrazine groups is 1. The van der Waals surface area contributed by atoms with E-state index in [1.54, 1.807) is 43.8 Å². The Morgan fingerprint density at radius 1 is 0.971 bits per heavy atom. The number of ether oxygens (including phenoxy) is 1. The first-order valence-corrected chi connectivity index (χ1v) is 11.4. The van der Waals surface area contributed by atoms with Crippen LogP contribution in [0.5, 0.6) is 5.75 Å². The van der Waals surface area contributed by atoms with Crippen molar-refractivity contribution in [3.05, 3.63) is 90.3 Å². The number of nitrogens with one attached hydrogen (secondary N) is 2. The number of methoxy groups -OCH3 is 1. The summed E-state index contributed by atoms with van der Waals surface area (Å²) < 4.78 is 7.02. The first kappa shape index (κ1) is 23.0. The van der Waals surface area contributed by atoms with Gasteiger partial charge < -0.3 is 4.74 Å². The van der Waals surface area contributed by atoms with E-state index in [4.69, 9.17) is 4.74 Å². The third-order valence-corrected chi connectivity index (χ3v) is 5.79. The van der Waals surface area contributed by atoms with E-state index in [1.165, 1.54) is 11.8 Å². The van der Waals surface area contributed by atoms with Crippen LogP contribution in [0.4, 0.5) is 0 Å². The predicted molar refractivity (Wildman–Crippen MR) is 128 cm³/mol. The van der Waals surface area contributed by atoms with Crippen molar-refractivity contribution in [1.82, 2.24) is 30.6 Å². The minimum Gasteiger partial charge on any atom is -0.497 e. The highest BCUT2D eigenvalue weighted by molar-refractivity contribution is 7.99. The minimum atomic E-state index is -0.424. The Labute approximate surface area is 200 Å². The fourth-order valence-corrected chi connectivity index (χ4v) is 3.86. The second kappa shape index (κ2) is 11.1. The summed E-state index contributed by atoms with van der Waals surface area (Å²) in [6.45, 7) is 0.538. The van der Waals surface area contributed by atoms with Crippen molar-refractivity contribution < 1.29 is 14.3 Å². The molecule has 10 heteroatoms. The van der Waals surface area contributed by atoms with Crippen molar-refractivity contribution in [3.8, 4) is 17.1 Å². The van der Waals surface area contributed by atoms with Gasteiger partial charge in [0.1, 0.15) is 5.75 Å². The topological polar surface area (TPSA) is 111 Å². The maximum atomic E-state index is 12.4. The molecule has 0 unspecified atom stereocenters. The zero-order valence-electron chi connectivity index (χ0n) is 18.3. The van der Waals surface area contributed by atoms with Crippen LogP contribution in [0.15, 0.2) is 84.3 Å². The lowest BCUT2D eigenvalue weighted by molar-refractivity contribution is -0.119. The molecule has 34 heavy (non-hydrogen) atoms. The summed E-state index contributed by atoms with van der Waals surface area (Å²) >= 11 is 1.23. The lowest BCUT2D eigenvalue weighted by Crippen LogP contribution is -2.42. The minimum absolute atomic E-state index is 0.0445. The third-order valence-electron chi connectivity index (χ3n) is 4.82. The Morgan fingerprint density at radius 2 is 1.76 bits per heavy atom. The summed E-state index contributed by atoms with van der Waals surface area (Å²) in [6.07, 6.45) is 3.42. The van der Waals surface area contributed by atoms with Gasteiger partial charge in [0.15, 0.2) is 11.0 Å². The van der Waals surface area contributed by atoms with Gasteiger partial charge in [-0.25, -0.2) is 0 Å². The van der Waals surface area contributed by atoms with Gasteiger partial charge in [-0.2, -0.15) is 0 Å². The number of hydrogen-bond acceptors (Lipinski definition) is 7. The average molecular weight is 475 g/mol. The molecule has 2 aromatic carbocycles. The van der Waals surface area contributed by atoms with Crippen LogP contribution in [0.1, 0.15) is 15.9 Å². The Bertz CT molecular complexity index is 1250. The molecule has 0 radical (unpaired) electrons. The molecule has 4 rings (SSSR count). The lowest BCUT2D eigenvalue weighted by atomic mass is 10.2. The summed E-state index contributed by atoms with van der Waals surface area (Å²) in [4.78, 5) is 28.8. The van der Waals surface area contributed by atoms with E-state index in [2.05, 4.69) is 26.0 Å². The smallest absolute Gasteiger partial charge is 0.269 e. The zero-order valence-corrected chi connectivity index (χ0v) is 19.2. The zero-order chi connectivity index (χ0) is 23.8. The molecule has 172 valence electrons. The van der Waals surface area contributed by atoms with Gasteiger partial charge in [-0.15, -0.1) is 10.2 Å². The highest BCUT2D eigenvalue weighted by Crippen LogP contribution is 2.24. The lowest BCUT2D eigenvalue weighted by Gasteiger charge is -2.11. The quantitative estimate of drug-likeness (QED) is 0.298. The number of rotatable bonds is 8. The SMILES string of the molecule is COc1ccc(C(=O)NNC(=O)CSc2nnc(-c3cccnc3)n2Cc2ccccc2)cc1. The van der Waals surface area contributed by atoms with Crippen LogP contribution >= 0.6 is 11.8 Å². The van der Waals surface area contributed by atoms with Gasteiger partial charge in [0.05, 0.1) is 19.4 Å². The molecule has 2 amide bonds. The summed E-state index contributed by atoms with van der Waals surface area (Å²) in [5, 5.41) is 9.20. The Balaban J connectivity index is 1.41. The van der Waals surface area contributed by atoms with Gasteiger partial charge in [-0.05, 0) is 42.0 Å². The maximum absolute atomic E-state index is 12.4. The standard InChI is InChI=1S/C24H22N6O3S/c1-33-20-11-9-18(10-12-20)23(32)28-26-21(31)16-34-24-29-27-22(19-8-5-13-25-14-19)30(24)15-17-6-3-2-4-7-17/h2-14H,15-16H2,1H3,(H,26,31)(H,28,32). The first-order chi connectivity index (χ1) is 16.6. The summed E-state index contributed by atoms with van der Waals surface area (Å²) in [7, 11) is 1.55. The van der Waals surface area contributed by atoms with Gasteiger partial charge in [-0.3, -0.25) is 30.0 Å². The molecule has 0 saturated carbocycles. The monoisotopic (exact) mass is 474 g/mol. The number of hydrogen-bond donors (Lipinski definition) is 2. The van der Waals surface area contributed by atoms with E-state index < -0.39 is 5.91 Å². The van der Waals surface area contributed by atoms with Crippen molar-refractivity contribution in [3.63, 3.8) is 0 Å². The van der Waals surface area contributed by atoms with Gasteiger partial charge in [0, 0.05) is 23.5 Å². The number of carbonyl (C=O) groups is 2. The fourth-order valence-electron chi connectivity index (χ4n) is 3.12. The molecule has 0 bridgehead atoms. The van der Waals surface area contributed by atoms with Gasteiger partial charge in [-0.1, -0.05) is 42.1 Å². The highest BCUT2D eigenvalue weighted by atomic mass is 32.2. The normalized spacial score (nSPS) is 10.5. The molecule has 0 fully saturated rings. The predicted octanol–water partition coefficient (Wildman–Crippen LogP) is 2.95. The molecule has 0 aliphatic carbocycles. The van der Waals surface area contributed by atoms with Gasteiger partial charge in [0.2, 0.25) is 5.91 Å². The number of aromatic nitrogens is 4. The first-order valence-electron chi connectivity index (χ1n) is 10.4. The molecule has 0 aliphatic rings. The van der Waals surface area contributed by atoms with E-state index in [9.17, 15) is 9.59 Å². The van der Waals surface area contributed by atoms with E-state index in [0.717, 1.165) is 11.1 Å². The second-order valence-electron chi connectivity index (χ2n) is 7.14. The number of pyridine rings is 1. The summed E-state index contributed by atoms with van der Waals surface area (Å²) in [6, 6.07) is 20.2. The van der Waals surface area contributed by atoms with Crippen LogP contribution in [0.3, 0.4) is 0 Å². The van der Waals surface area contributed by atoms with Crippen molar-refractivity contribution in [2.45, 2.75) is 11.7 Å². The number of amides is 2. The third kappa shape index (κ3) is 5.78. The largest absolute Gasteiger partial charge is 0.497 e. The number of nitrogens with zero attached hydrogens (tertiary/aromatic N) is 4. The Hall–Kier alpha value is -4.18. The average Bonchev–Trinajstić information content (AvgIpc) is 3.29. The van der Waals surface area contributed by atoms with Crippen molar-refractivity contribution in [1.29, 1.82) is 0 Å². The van der Waals surface area contributed by atoms with Crippen LogP contribution < -0.4 is 15.6 Å². The van der Waals surface area contributed by atoms with Crippen LogP contribution in [0.2, 0.25) is 0 Å². The Kier molecular flexibility index (Phi) is 7.51. The van der Waals surface area contributed by atoms with E-state index in [1.807, 2.05) is 47.0 Å². The van der Waals surface area contributed by atoms with Gasteiger partial charge >= 0.3 is 0 Å². The van der Waals surface area contributed by atoms with Crippen molar-refractivity contribution in [2.75, 3.05) is 12.9 Å². The van der Waals surface area contributed by atoms with Gasteiger partial charge in [0.25, 0.3) is 5.91 Å². The maximum Gasteiger partial charge on any atom is 0.269 e. The van der Waals surface area contributed by atoms with Crippen molar-refractivity contribution >= 4 is 23.6 Å². The molecule has 0 atom stereocenters. The molecular weight excluding hydrogens is 452 g/mol. The van der Waals surface area contributed by atoms with Crippen LogP contribution in [-0.2, 0) is 11.3 Å². The number of benzene rings is 2. The molecule has 2 aromatic heterocycles. The molecule has 2 heterocycles.